The van der Waals surface area contributed by atoms with Crippen LogP contribution in [0, 0.1) is 17.2 Å². The molecule has 0 radical (unpaired) electrons. The topological polar surface area (TPSA) is 48.7 Å². The molecule has 2 atom stereocenters. The highest BCUT2D eigenvalue weighted by atomic mass is 79.9. The van der Waals surface area contributed by atoms with E-state index in [-0.39, 0.29) is 12.0 Å². The minimum absolute atomic E-state index is 0.0375. The van der Waals surface area contributed by atoms with Crippen LogP contribution in [0.3, 0.4) is 0 Å². The number of anilines is 1. The molecule has 86 valence electrons. The molecule has 0 amide bonds. The zero-order chi connectivity index (χ0) is 12.0. The van der Waals surface area contributed by atoms with E-state index in [2.05, 4.69) is 39.2 Å². The van der Waals surface area contributed by atoms with Gasteiger partial charge in [0.05, 0.1) is 12.0 Å². The van der Waals surface area contributed by atoms with Crippen LogP contribution in [0.2, 0.25) is 0 Å². The van der Waals surface area contributed by atoms with Crippen molar-refractivity contribution < 1.29 is 0 Å². The normalized spacial score (nSPS) is 13.9. The van der Waals surface area contributed by atoms with E-state index in [1.54, 1.807) is 6.20 Å². The molecule has 1 N–H and O–H groups in total. The van der Waals surface area contributed by atoms with Crippen molar-refractivity contribution in [1.82, 2.24) is 4.98 Å². The van der Waals surface area contributed by atoms with Gasteiger partial charge in [0.1, 0.15) is 5.82 Å². The van der Waals surface area contributed by atoms with Crippen LogP contribution in [0.5, 0.6) is 0 Å². The van der Waals surface area contributed by atoms with Crippen molar-refractivity contribution in [2.75, 3.05) is 5.32 Å². The summed E-state index contributed by atoms with van der Waals surface area (Å²) in [7, 11) is 0. The molecule has 16 heavy (non-hydrogen) atoms. The summed E-state index contributed by atoms with van der Waals surface area (Å²) in [5.74, 6) is 0.850. The molecule has 0 bridgehead atoms. The van der Waals surface area contributed by atoms with Crippen LogP contribution in [0.25, 0.3) is 0 Å². The first-order chi connectivity index (χ1) is 7.67. The Labute approximate surface area is 105 Å². The molecule has 1 aromatic rings. The van der Waals surface area contributed by atoms with Crippen molar-refractivity contribution in [3.05, 3.63) is 22.8 Å². The Hall–Kier alpha value is -1.08. The summed E-state index contributed by atoms with van der Waals surface area (Å²) in [6, 6.07) is 6.30. The van der Waals surface area contributed by atoms with E-state index in [0.29, 0.717) is 0 Å². The molecule has 1 aromatic heterocycles. The number of halogens is 1. The number of nitrogens with zero attached hydrogens (tertiary/aromatic N) is 2. The average molecular weight is 282 g/mol. The third kappa shape index (κ3) is 3.82. The van der Waals surface area contributed by atoms with Gasteiger partial charge in [-0.1, -0.05) is 13.3 Å². The molecule has 4 heteroatoms. The van der Waals surface area contributed by atoms with Crippen LogP contribution in [-0.4, -0.2) is 11.0 Å². The fraction of sp³-hybridized carbons (Fsp3) is 0.500. The smallest absolute Gasteiger partial charge is 0.126 e. The van der Waals surface area contributed by atoms with Crippen molar-refractivity contribution in [2.45, 2.75) is 32.7 Å². The maximum atomic E-state index is 9.03. The molecule has 0 saturated heterocycles. The Morgan fingerprint density at radius 3 is 2.81 bits per heavy atom. The van der Waals surface area contributed by atoms with Crippen LogP contribution in [0.1, 0.15) is 26.7 Å². The first kappa shape index (κ1) is 13.0. The molecule has 0 fully saturated rings. The van der Waals surface area contributed by atoms with E-state index >= 15 is 0 Å². The molecular weight excluding hydrogens is 266 g/mol. The zero-order valence-electron chi connectivity index (χ0n) is 9.57. The van der Waals surface area contributed by atoms with E-state index in [1.165, 1.54) is 0 Å². The zero-order valence-corrected chi connectivity index (χ0v) is 11.2. The highest BCUT2D eigenvalue weighted by Crippen LogP contribution is 2.16. The Balaban J connectivity index is 2.59. The number of rotatable bonds is 5. The van der Waals surface area contributed by atoms with E-state index < -0.39 is 0 Å². The van der Waals surface area contributed by atoms with Gasteiger partial charge < -0.3 is 5.32 Å². The number of nitriles is 1. The second kappa shape index (κ2) is 6.49. The van der Waals surface area contributed by atoms with Gasteiger partial charge in [0.2, 0.25) is 0 Å². The lowest BCUT2D eigenvalue weighted by atomic mass is 9.98. The van der Waals surface area contributed by atoms with Crippen molar-refractivity contribution >= 4 is 21.7 Å². The number of nitrogens with one attached hydrogen (secondary N) is 1. The van der Waals surface area contributed by atoms with Gasteiger partial charge in [-0.25, -0.2) is 4.98 Å². The number of hydrogen-bond acceptors (Lipinski definition) is 3. The van der Waals surface area contributed by atoms with Crippen LogP contribution in [0.4, 0.5) is 5.82 Å². The molecule has 0 spiro atoms. The number of pyridine rings is 1. The third-order valence-electron chi connectivity index (χ3n) is 2.47. The van der Waals surface area contributed by atoms with Gasteiger partial charge >= 0.3 is 0 Å². The first-order valence-corrected chi connectivity index (χ1v) is 6.24. The summed E-state index contributed by atoms with van der Waals surface area (Å²) in [5, 5.41) is 12.3. The number of aromatic nitrogens is 1. The Bertz CT molecular complexity index is 356. The lowest BCUT2D eigenvalue weighted by Gasteiger charge is -2.19. The molecule has 0 aliphatic carbocycles. The summed E-state index contributed by atoms with van der Waals surface area (Å²) in [4.78, 5) is 4.23. The quantitative estimate of drug-likeness (QED) is 0.897. The second-order valence-electron chi connectivity index (χ2n) is 3.82. The standard InChI is InChI=1S/C12H16BrN3/c1-3-4-10(7-14)9(2)16-12-6-5-11(13)8-15-12/h5-6,8-10H,3-4H2,1-2H3,(H,15,16)/t9?,10-/m0/s1. The van der Waals surface area contributed by atoms with Gasteiger partial charge in [-0.2, -0.15) is 5.26 Å². The summed E-state index contributed by atoms with van der Waals surface area (Å²) in [5.41, 5.74) is 0. The lowest BCUT2D eigenvalue weighted by Crippen LogP contribution is -2.25. The van der Waals surface area contributed by atoms with E-state index in [1.807, 2.05) is 19.1 Å². The number of hydrogen-bond donors (Lipinski definition) is 1. The molecule has 0 aliphatic heterocycles. The van der Waals surface area contributed by atoms with Crippen molar-refractivity contribution in [2.24, 2.45) is 5.92 Å². The molecule has 1 unspecified atom stereocenters. The Morgan fingerprint density at radius 1 is 1.56 bits per heavy atom. The molecule has 1 rings (SSSR count). The van der Waals surface area contributed by atoms with Crippen molar-refractivity contribution in [1.29, 1.82) is 5.26 Å². The third-order valence-corrected chi connectivity index (χ3v) is 2.94. The minimum Gasteiger partial charge on any atom is -0.366 e. The summed E-state index contributed by atoms with van der Waals surface area (Å²) in [6.45, 7) is 4.11. The van der Waals surface area contributed by atoms with E-state index in [0.717, 1.165) is 23.1 Å². The van der Waals surface area contributed by atoms with Crippen molar-refractivity contribution in [3.63, 3.8) is 0 Å². The van der Waals surface area contributed by atoms with Gasteiger partial charge in [0.25, 0.3) is 0 Å². The van der Waals surface area contributed by atoms with Crippen LogP contribution in [0.15, 0.2) is 22.8 Å². The fourth-order valence-corrected chi connectivity index (χ4v) is 1.77. The summed E-state index contributed by atoms with van der Waals surface area (Å²) in [6.07, 6.45) is 3.69. The Kier molecular flexibility index (Phi) is 5.27. The van der Waals surface area contributed by atoms with Crippen LogP contribution >= 0.6 is 15.9 Å². The van der Waals surface area contributed by atoms with Gasteiger partial charge in [-0.3, -0.25) is 0 Å². The predicted molar refractivity (Wildman–Crippen MR) is 69.0 cm³/mol. The van der Waals surface area contributed by atoms with Gasteiger partial charge in [-0.15, -0.1) is 0 Å². The Morgan fingerprint density at radius 2 is 2.31 bits per heavy atom. The van der Waals surface area contributed by atoms with Gasteiger partial charge in [0, 0.05) is 16.7 Å². The maximum absolute atomic E-state index is 9.03. The largest absolute Gasteiger partial charge is 0.366 e. The summed E-state index contributed by atoms with van der Waals surface area (Å²) >= 11 is 3.34. The molecule has 0 aromatic carbocycles. The van der Waals surface area contributed by atoms with E-state index in [4.69, 9.17) is 5.26 Å². The average Bonchev–Trinajstić information content (AvgIpc) is 2.29. The monoisotopic (exact) mass is 281 g/mol. The SMILES string of the molecule is CCC[C@@H](C#N)C(C)Nc1ccc(Br)cn1. The van der Waals surface area contributed by atoms with Crippen LogP contribution in [-0.2, 0) is 0 Å². The van der Waals surface area contributed by atoms with Gasteiger partial charge in [0.15, 0.2) is 0 Å². The molecule has 0 saturated carbocycles. The maximum Gasteiger partial charge on any atom is 0.126 e. The molecule has 0 aliphatic rings. The fourth-order valence-electron chi connectivity index (χ4n) is 1.53. The van der Waals surface area contributed by atoms with Gasteiger partial charge in [-0.05, 0) is 41.4 Å². The lowest BCUT2D eigenvalue weighted by molar-refractivity contribution is 0.526. The predicted octanol–water partition coefficient (Wildman–Crippen LogP) is 3.58. The second-order valence-corrected chi connectivity index (χ2v) is 4.73. The molecule has 1 heterocycles. The highest BCUT2D eigenvalue weighted by Gasteiger charge is 2.15. The molecule has 3 nitrogen and oxygen atoms in total. The highest BCUT2D eigenvalue weighted by molar-refractivity contribution is 9.10. The molecular formula is C12H16BrN3. The minimum atomic E-state index is 0.0375. The van der Waals surface area contributed by atoms with Crippen molar-refractivity contribution in [3.8, 4) is 6.07 Å². The first-order valence-electron chi connectivity index (χ1n) is 5.45. The summed E-state index contributed by atoms with van der Waals surface area (Å²) < 4.78 is 0.955. The van der Waals surface area contributed by atoms with E-state index in [9.17, 15) is 0 Å². The van der Waals surface area contributed by atoms with Crippen LogP contribution < -0.4 is 5.32 Å².